The van der Waals surface area contributed by atoms with Gasteiger partial charge in [-0.2, -0.15) is 0 Å². The number of rotatable bonds is 3. The van der Waals surface area contributed by atoms with E-state index < -0.39 is 0 Å². The van der Waals surface area contributed by atoms with Crippen molar-refractivity contribution in [1.29, 1.82) is 0 Å². The summed E-state index contributed by atoms with van der Waals surface area (Å²) in [6, 6.07) is 8.59. The van der Waals surface area contributed by atoms with E-state index in [4.69, 9.17) is 5.73 Å². The molecule has 0 saturated carbocycles. The van der Waals surface area contributed by atoms with Crippen molar-refractivity contribution in [3.05, 3.63) is 53.3 Å². The number of aryl methyl sites for hydroxylation is 2. The van der Waals surface area contributed by atoms with Gasteiger partial charge >= 0.3 is 0 Å². The van der Waals surface area contributed by atoms with Gasteiger partial charge in [-0.3, -0.25) is 4.98 Å². The third kappa shape index (κ3) is 3.24. The summed E-state index contributed by atoms with van der Waals surface area (Å²) < 4.78 is 0. The number of pyridine rings is 1. The number of hydrogen-bond acceptors (Lipinski definition) is 3. The Morgan fingerprint density at radius 1 is 1.18 bits per heavy atom. The van der Waals surface area contributed by atoms with Gasteiger partial charge in [0.05, 0.1) is 11.9 Å². The van der Waals surface area contributed by atoms with Gasteiger partial charge in [0, 0.05) is 16.8 Å². The van der Waals surface area contributed by atoms with Crippen molar-refractivity contribution in [2.24, 2.45) is 0 Å². The molecule has 0 spiro atoms. The third-order valence-electron chi connectivity index (χ3n) is 2.49. The van der Waals surface area contributed by atoms with Crippen LogP contribution in [0.15, 0.2) is 41.6 Å². The molecule has 2 nitrogen and oxygen atoms in total. The molecule has 0 amide bonds. The van der Waals surface area contributed by atoms with Crippen LogP contribution in [0, 0.1) is 13.8 Å². The Balaban J connectivity index is 2.10. The predicted molar refractivity (Wildman–Crippen MR) is 74.1 cm³/mol. The molecular weight excluding hydrogens is 228 g/mol. The first-order valence-corrected chi connectivity index (χ1v) is 6.53. The smallest absolute Gasteiger partial charge is 0.0638 e. The predicted octanol–water partition coefficient (Wildman–Crippen LogP) is 3.57. The van der Waals surface area contributed by atoms with Crippen LogP contribution in [0.1, 0.15) is 16.7 Å². The van der Waals surface area contributed by atoms with Gasteiger partial charge < -0.3 is 5.73 Å². The van der Waals surface area contributed by atoms with E-state index in [2.05, 4.69) is 37.0 Å². The van der Waals surface area contributed by atoms with E-state index in [9.17, 15) is 0 Å². The summed E-state index contributed by atoms with van der Waals surface area (Å²) in [4.78, 5) is 5.09. The van der Waals surface area contributed by atoms with Gasteiger partial charge in [-0.15, -0.1) is 11.8 Å². The first-order chi connectivity index (χ1) is 8.15. The minimum Gasteiger partial charge on any atom is -0.397 e. The zero-order valence-electron chi connectivity index (χ0n) is 10.1. The highest BCUT2D eigenvalue weighted by Gasteiger charge is 2.01. The highest BCUT2D eigenvalue weighted by atomic mass is 32.2. The summed E-state index contributed by atoms with van der Waals surface area (Å²) in [7, 11) is 0. The van der Waals surface area contributed by atoms with Crippen LogP contribution >= 0.6 is 11.8 Å². The monoisotopic (exact) mass is 244 g/mol. The molecule has 0 bridgehead atoms. The standard InChI is InChI=1S/C14H16N2S/c1-10-5-11(2)7-12(6-10)9-17-14-3-4-16-8-13(14)15/h3-8H,9,15H2,1-2H3. The second kappa shape index (κ2) is 5.23. The van der Waals surface area contributed by atoms with Crippen LogP contribution in [0.25, 0.3) is 0 Å². The first-order valence-electron chi connectivity index (χ1n) is 5.54. The van der Waals surface area contributed by atoms with Gasteiger partial charge in [0.25, 0.3) is 0 Å². The third-order valence-corrected chi connectivity index (χ3v) is 3.65. The lowest BCUT2D eigenvalue weighted by Crippen LogP contribution is -1.90. The van der Waals surface area contributed by atoms with Gasteiger partial charge in [-0.25, -0.2) is 0 Å². The van der Waals surface area contributed by atoms with Crippen molar-refractivity contribution < 1.29 is 0 Å². The van der Waals surface area contributed by atoms with E-state index in [-0.39, 0.29) is 0 Å². The zero-order chi connectivity index (χ0) is 12.3. The SMILES string of the molecule is Cc1cc(C)cc(CSc2ccncc2N)c1. The summed E-state index contributed by atoms with van der Waals surface area (Å²) in [5, 5.41) is 0. The van der Waals surface area contributed by atoms with Crippen LogP contribution < -0.4 is 5.73 Å². The van der Waals surface area contributed by atoms with Crippen LogP contribution in [0.3, 0.4) is 0 Å². The fourth-order valence-corrected chi connectivity index (χ4v) is 2.70. The molecule has 0 radical (unpaired) electrons. The summed E-state index contributed by atoms with van der Waals surface area (Å²) in [6.07, 6.45) is 3.48. The molecule has 0 unspecified atom stereocenters. The van der Waals surface area contributed by atoms with Crippen LogP contribution in [-0.2, 0) is 5.75 Å². The van der Waals surface area contributed by atoms with E-state index in [1.54, 1.807) is 24.2 Å². The van der Waals surface area contributed by atoms with Crippen molar-refractivity contribution >= 4 is 17.4 Å². The Labute approximate surface area is 106 Å². The summed E-state index contributed by atoms with van der Waals surface area (Å²) in [5.41, 5.74) is 10.6. The molecule has 1 aromatic carbocycles. The van der Waals surface area contributed by atoms with Gasteiger partial charge in [0.15, 0.2) is 0 Å². The maximum atomic E-state index is 5.86. The van der Waals surface area contributed by atoms with E-state index >= 15 is 0 Å². The number of anilines is 1. The maximum absolute atomic E-state index is 5.86. The Kier molecular flexibility index (Phi) is 3.69. The minimum absolute atomic E-state index is 0.752. The summed E-state index contributed by atoms with van der Waals surface area (Å²) >= 11 is 1.75. The molecule has 2 rings (SSSR count). The van der Waals surface area contributed by atoms with Crippen molar-refractivity contribution in [3.8, 4) is 0 Å². The molecule has 0 aliphatic rings. The van der Waals surface area contributed by atoms with Crippen LogP contribution in [0.5, 0.6) is 0 Å². The molecule has 88 valence electrons. The number of thioether (sulfide) groups is 1. The van der Waals surface area contributed by atoms with Crippen LogP contribution in [0.4, 0.5) is 5.69 Å². The average molecular weight is 244 g/mol. The molecule has 0 fully saturated rings. The lowest BCUT2D eigenvalue weighted by atomic mass is 10.1. The molecule has 0 aliphatic heterocycles. The Hall–Kier alpha value is -1.48. The molecule has 0 aliphatic carbocycles. The second-order valence-corrected chi connectivity index (χ2v) is 5.22. The largest absolute Gasteiger partial charge is 0.397 e. The van der Waals surface area contributed by atoms with Crippen LogP contribution in [0.2, 0.25) is 0 Å². The van der Waals surface area contributed by atoms with Crippen molar-refractivity contribution in [2.45, 2.75) is 24.5 Å². The van der Waals surface area contributed by atoms with Crippen molar-refractivity contribution in [1.82, 2.24) is 4.98 Å². The van der Waals surface area contributed by atoms with E-state index in [0.717, 1.165) is 16.3 Å². The lowest BCUT2D eigenvalue weighted by Gasteiger charge is -2.06. The highest BCUT2D eigenvalue weighted by Crippen LogP contribution is 2.27. The molecule has 0 atom stereocenters. The maximum Gasteiger partial charge on any atom is 0.0638 e. The average Bonchev–Trinajstić information content (AvgIpc) is 2.27. The molecule has 0 saturated heterocycles. The Morgan fingerprint density at radius 3 is 2.53 bits per heavy atom. The number of nitrogens with zero attached hydrogens (tertiary/aromatic N) is 1. The molecule has 2 aromatic rings. The number of aromatic nitrogens is 1. The van der Waals surface area contributed by atoms with E-state index in [1.165, 1.54) is 16.7 Å². The van der Waals surface area contributed by atoms with Gasteiger partial charge in [0.1, 0.15) is 0 Å². The number of benzene rings is 1. The highest BCUT2D eigenvalue weighted by molar-refractivity contribution is 7.98. The lowest BCUT2D eigenvalue weighted by molar-refractivity contribution is 1.26. The second-order valence-electron chi connectivity index (χ2n) is 4.20. The van der Waals surface area contributed by atoms with E-state index in [0.29, 0.717) is 0 Å². The summed E-state index contributed by atoms with van der Waals surface area (Å²) in [5.74, 6) is 0.941. The quantitative estimate of drug-likeness (QED) is 0.839. The van der Waals surface area contributed by atoms with Crippen LogP contribution in [-0.4, -0.2) is 4.98 Å². The molecular formula is C14H16N2S. The van der Waals surface area contributed by atoms with Gasteiger partial charge in [-0.05, 0) is 25.5 Å². The zero-order valence-corrected chi connectivity index (χ0v) is 10.9. The first kappa shape index (κ1) is 12.0. The van der Waals surface area contributed by atoms with E-state index in [1.807, 2.05) is 6.07 Å². The van der Waals surface area contributed by atoms with Gasteiger partial charge in [-0.1, -0.05) is 29.3 Å². The topological polar surface area (TPSA) is 38.9 Å². The molecule has 3 heteroatoms. The summed E-state index contributed by atoms with van der Waals surface area (Å²) in [6.45, 7) is 4.25. The number of nitrogens with two attached hydrogens (primary N) is 1. The molecule has 2 N–H and O–H groups in total. The minimum atomic E-state index is 0.752. The van der Waals surface area contributed by atoms with Crippen molar-refractivity contribution in [2.75, 3.05) is 5.73 Å². The van der Waals surface area contributed by atoms with Crippen molar-refractivity contribution in [3.63, 3.8) is 0 Å². The Morgan fingerprint density at radius 2 is 1.88 bits per heavy atom. The number of nitrogen functional groups attached to an aromatic ring is 1. The fraction of sp³-hybridized carbons (Fsp3) is 0.214. The fourth-order valence-electron chi connectivity index (χ4n) is 1.84. The molecule has 1 aromatic heterocycles. The normalized spacial score (nSPS) is 10.5. The van der Waals surface area contributed by atoms with Gasteiger partial charge in [0.2, 0.25) is 0 Å². The number of hydrogen-bond donors (Lipinski definition) is 1. The molecule has 17 heavy (non-hydrogen) atoms. The molecule has 1 heterocycles. The Bertz CT molecular complexity index is 503.